The molecule has 0 saturated heterocycles. The molecule has 100 valence electrons. The van der Waals surface area contributed by atoms with Gasteiger partial charge in [0.25, 0.3) is 0 Å². The van der Waals surface area contributed by atoms with Gasteiger partial charge in [-0.2, -0.15) is 0 Å². The first kappa shape index (κ1) is 14.7. The predicted molar refractivity (Wildman–Crippen MR) is 70.5 cm³/mol. The summed E-state index contributed by atoms with van der Waals surface area (Å²) in [6.07, 6.45) is 0.165. The van der Waals surface area contributed by atoms with Crippen LogP contribution in [0.15, 0.2) is 30.3 Å². The fourth-order valence-corrected chi connectivity index (χ4v) is 1.78. The summed E-state index contributed by atoms with van der Waals surface area (Å²) in [6.45, 7) is 5.05. The lowest BCUT2D eigenvalue weighted by Gasteiger charge is -2.25. The van der Waals surface area contributed by atoms with Crippen LogP contribution >= 0.6 is 0 Å². The lowest BCUT2D eigenvalue weighted by molar-refractivity contribution is -0.143. The van der Waals surface area contributed by atoms with E-state index in [2.05, 4.69) is 0 Å². The maximum absolute atomic E-state index is 11.4. The van der Waals surface area contributed by atoms with E-state index < -0.39 is 12.0 Å². The van der Waals surface area contributed by atoms with Gasteiger partial charge in [-0.05, 0) is 26.5 Å². The highest BCUT2D eigenvalue weighted by molar-refractivity contribution is 5.75. The summed E-state index contributed by atoms with van der Waals surface area (Å²) < 4.78 is 5.44. The van der Waals surface area contributed by atoms with Crippen molar-refractivity contribution < 1.29 is 14.6 Å². The van der Waals surface area contributed by atoms with Crippen molar-refractivity contribution in [2.45, 2.75) is 26.0 Å². The summed E-state index contributed by atoms with van der Waals surface area (Å²) in [7, 11) is 1.80. The molecule has 1 atom stereocenters. The molecule has 0 aromatic heterocycles. The molecule has 0 spiro atoms. The molecule has 18 heavy (non-hydrogen) atoms. The minimum absolute atomic E-state index is 0.165. The second kappa shape index (κ2) is 7.13. The number of carboxylic acid groups (broad SMARTS) is 1. The van der Waals surface area contributed by atoms with Crippen LogP contribution in [0, 0.1) is 0 Å². The van der Waals surface area contributed by atoms with Crippen LogP contribution in [-0.2, 0) is 9.53 Å². The van der Waals surface area contributed by atoms with Gasteiger partial charge in [0.15, 0.2) is 0 Å². The quantitative estimate of drug-likeness (QED) is 0.807. The first-order valence-corrected chi connectivity index (χ1v) is 6.12. The third kappa shape index (κ3) is 4.47. The Bertz CT molecular complexity index is 365. The van der Waals surface area contributed by atoms with Gasteiger partial charge in [-0.25, -0.2) is 0 Å². The van der Waals surface area contributed by atoms with E-state index in [1.165, 1.54) is 0 Å². The van der Waals surface area contributed by atoms with Crippen LogP contribution in [0.2, 0.25) is 0 Å². The summed E-state index contributed by atoms with van der Waals surface area (Å²) in [5.74, 6) is -0.840. The molecule has 1 rings (SSSR count). The van der Waals surface area contributed by atoms with Crippen LogP contribution in [0.25, 0.3) is 0 Å². The molecule has 0 radical (unpaired) electrons. The molecule has 0 bridgehead atoms. The highest BCUT2D eigenvalue weighted by atomic mass is 16.5. The minimum atomic E-state index is -0.840. The fourth-order valence-electron chi connectivity index (χ4n) is 1.78. The molecule has 4 nitrogen and oxygen atoms in total. The molecule has 4 heteroatoms. The fraction of sp³-hybridized carbons (Fsp3) is 0.500. The van der Waals surface area contributed by atoms with E-state index in [-0.39, 0.29) is 6.10 Å². The molecule has 1 aromatic rings. The number of aliphatic carboxylic acids is 1. The van der Waals surface area contributed by atoms with Crippen molar-refractivity contribution in [3.05, 3.63) is 35.9 Å². The smallest absolute Gasteiger partial charge is 0.325 e. The second-order valence-electron chi connectivity index (χ2n) is 4.55. The molecular formula is C14H21NO3. The van der Waals surface area contributed by atoms with Crippen molar-refractivity contribution in [1.29, 1.82) is 0 Å². The van der Waals surface area contributed by atoms with Gasteiger partial charge in [0.2, 0.25) is 0 Å². The highest BCUT2D eigenvalue weighted by Crippen LogP contribution is 2.19. The standard InChI is InChI=1S/C14H21NO3/c1-11(2)18-10-9-15(3)13(14(16)17)12-7-5-4-6-8-12/h4-8,11,13H,9-10H2,1-3H3,(H,16,17). The Labute approximate surface area is 108 Å². The largest absolute Gasteiger partial charge is 0.480 e. The van der Waals surface area contributed by atoms with Gasteiger partial charge in [0.1, 0.15) is 6.04 Å². The number of rotatable bonds is 7. The molecule has 0 heterocycles. The topological polar surface area (TPSA) is 49.8 Å². The first-order chi connectivity index (χ1) is 8.52. The molecule has 0 aliphatic carbocycles. The number of carbonyl (C=O) groups is 1. The summed E-state index contributed by atoms with van der Waals surface area (Å²) in [5.41, 5.74) is 0.789. The van der Waals surface area contributed by atoms with Crippen LogP contribution in [0.3, 0.4) is 0 Å². The monoisotopic (exact) mass is 251 g/mol. The van der Waals surface area contributed by atoms with Crippen molar-refractivity contribution in [2.75, 3.05) is 20.2 Å². The van der Waals surface area contributed by atoms with E-state index in [0.29, 0.717) is 13.2 Å². The van der Waals surface area contributed by atoms with E-state index in [1.807, 2.05) is 44.2 Å². The zero-order valence-electron chi connectivity index (χ0n) is 11.2. The average Bonchev–Trinajstić information content (AvgIpc) is 2.29. The maximum Gasteiger partial charge on any atom is 0.325 e. The van der Waals surface area contributed by atoms with Gasteiger partial charge in [-0.3, -0.25) is 9.69 Å². The van der Waals surface area contributed by atoms with Gasteiger partial charge in [0, 0.05) is 6.54 Å². The van der Waals surface area contributed by atoms with Crippen molar-refractivity contribution >= 4 is 5.97 Å². The SMILES string of the molecule is CC(C)OCCN(C)C(C(=O)O)c1ccccc1. The maximum atomic E-state index is 11.4. The lowest BCUT2D eigenvalue weighted by atomic mass is 10.1. The summed E-state index contributed by atoms with van der Waals surface area (Å²) in [5, 5.41) is 9.32. The van der Waals surface area contributed by atoms with Crippen LogP contribution in [0.1, 0.15) is 25.5 Å². The normalized spacial score (nSPS) is 12.9. The van der Waals surface area contributed by atoms with Crippen LogP contribution in [0.4, 0.5) is 0 Å². The van der Waals surface area contributed by atoms with Crippen LogP contribution < -0.4 is 0 Å². The van der Waals surface area contributed by atoms with E-state index >= 15 is 0 Å². The zero-order valence-corrected chi connectivity index (χ0v) is 11.2. The molecule has 0 aliphatic rings. The first-order valence-electron chi connectivity index (χ1n) is 6.12. The Morgan fingerprint density at radius 2 is 1.94 bits per heavy atom. The van der Waals surface area contributed by atoms with Gasteiger partial charge in [-0.1, -0.05) is 30.3 Å². The summed E-state index contributed by atoms with van der Waals surface area (Å²) in [6, 6.07) is 8.62. The van der Waals surface area contributed by atoms with Crippen LogP contribution in [-0.4, -0.2) is 42.3 Å². The number of likely N-dealkylation sites (N-methyl/N-ethyl adjacent to an activating group) is 1. The molecular weight excluding hydrogens is 230 g/mol. The van der Waals surface area contributed by atoms with Crippen molar-refractivity contribution in [2.24, 2.45) is 0 Å². The summed E-state index contributed by atoms with van der Waals surface area (Å²) in [4.78, 5) is 13.1. The number of hydrogen-bond acceptors (Lipinski definition) is 3. The Morgan fingerprint density at radius 3 is 2.44 bits per heavy atom. The molecule has 0 fully saturated rings. The lowest BCUT2D eigenvalue weighted by Crippen LogP contribution is -2.33. The van der Waals surface area contributed by atoms with Crippen LogP contribution in [0.5, 0.6) is 0 Å². The van der Waals surface area contributed by atoms with E-state index in [1.54, 1.807) is 11.9 Å². The minimum Gasteiger partial charge on any atom is -0.480 e. The molecule has 0 saturated carbocycles. The zero-order chi connectivity index (χ0) is 13.5. The predicted octanol–water partition coefficient (Wildman–Crippen LogP) is 2.17. The molecule has 0 amide bonds. The number of nitrogens with zero attached hydrogens (tertiary/aromatic N) is 1. The number of carboxylic acids is 1. The van der Waals surface area contributed by atoms with Gasteiger partial charge >= 0.3 is 5.97 Å². The second-order valence-corrected chi connectivity index (χ2v) is 4.55. The number of ether oxygens (including phenoxy) is 1. The molecule has 1 N–H and O–H groups in total. The van der Waals surface area contributed by atoms with E-state index in [0.717, 1.165) is 5.56 Å². The molecule has 1 unspecified atom stereocenters. The highest BCUT2D eigenvalue weighted by Gasteiger charge is 2.24. The van der Waals surface area contributed by atoms with Gasteiger partial charge in [-0.15, -0.1) is 0 Å². The van der Waals surface area contributed by atoms with E-state index in [4.69, 9.17) is 4.74 Å². The van der Waals surface area contributed by atoms with Crippen molar-refractivity contribution in [3.8, 4) is 0 Å². The third-order valence-corrected chi connectivity index (χ3v) is 2.69. The molecule has 1 aromatic carbocycles. The number of hydrogen-bond donors (Lipinski definition) is 1. The van der Waals surface area contributed by atoms with Crippen molar-refractivity contribution in [3.63, 3.8) is 0 Å². The van der Waals surface area contributed by atoms with E-state index in [9.17, 15) is 9.90 Å². The average molecular weight is 251 g/mol. The van der Waals surface area contributed by atoms with Crippen molar-refractivity contribution in [1.82, 2.24) is 4.90 Å². The molecule has 0 aliphatic heterocycles. The summed E-state index contributed by atoms with van der Waals surface area (Å²) >= 11 is 0. The Morgan fingerprint density at radius 1 is 1.33 bits per heavy atom. The number of benzene rings is 1. The third-order valence-electron chi connectivity index (χ3n) is 2.69. The van der Waals surface area contributed by atoms with Gasteiger partial charge in [0.05, 0.1) is 12.7 Å². The Hall–Kier alpha value is -1.39. The Balaban J connectivity index is 2.65. The van der Waals surface area contributed by atoms with Gasteiger partial charge < -0.3 is 9.84 Å². The Kier molecular flexibility index (Phi) is 5.82.